The second-order valence-electron chi connectivity index (χ2n) is 4.62. The van der Waals surface area contributed by atoms with E-state index in [4.69, 9.17) is 9.47 Å². The van der Waals surface area contributed by atoms with E-state index in [0.29, 0.717) is 6.54 Å². The van der Waals surface area contributed by atoms with Crippen molar-refractivity contribution >= 4 is 5.97 Å². The lowest BCUT2D eigenvalue weighted by Gasteiger charge is -2.22. The molecule has 104 valence electrons. The molecule has 0 amide bonds. The van der Waals surface area contributed by atoms with Crippen molar-refractivity contribution in [3.63, 3.8) is 0 Å². The molecule has 1 saturated heterocycles. The van der Waals surface area contributed by atoms with Crippen LogP contribution in [0.4, 0.5) is 4.39 Å². The number of halogens is 1. The van der Waals surface area contributed by atoms with Gasteiger partial charge in [0.25, 0.3) is 0 Å². The van der Waals surface area contributed by atoms with Gasteiger partial charge in [0.15, 0.2) is 11.6 Å². The van der Waals surface area contributed by atoms with Crippen molar-refractivity contribution in [2.75, 3.05) is 20.8 Å². The molecule has 0 radical (unpaired) electrons. The number of rotatable bonds is 4. The molecule has 4 nitrogen and oxygen atoms in total. The van der Waals surface area contributed by atoms with E-state index in [1.165, 1.54) is 20.3 Å². The highest BCUT2D eigenvalue weighted by molar-refractivity contribution is 5.75. The maximum Gasteiger partial charge on any atom is 0.323 e. The Hall–Kier alpha value is -1.62. The van der Waals surface area contributed by atoms with Crippen LogP contribution in [0.15, 0.2) is 18.2 Å². The van der Waals surface area contributed by atoms with Crippen LogP contribution >= 0.6 is 0 Å². The lowest BCUT2D eigenvalue weighted by molar-refractivity contribution is -0.146. The summed E-state index contributed by atoms with van der Waals surface area (Å²) in [6, 6.07) is 4.66. The van der Waals surface area contributed by atoms with Gasteiger partial charge in [-0.3, -0.25) is 9.69 Å². The zero-order valence-electron chi connectivity index (χ0n) is 11.2. The van der Waals surface area contributed by atoms with Crippen LogP contribution in [0.1, 0.15) is 18.4 Å². The normalized spacial score (nSPS) is 19.4. The Labute approximate surface area is 112 Å². The first kappa shape index (κ1) is 13.8. The van der Waals surface area contributed by atoms with Crippen LogP contribution < -0.4 is 4.74 Å². The number of benzene rings is 1. The molecule has 0 bridgehead atoms. The van der Waals surface area contributed by atoms with Crippen LogP contribution in [0, 0.1) is 5.82 Å². The number of hydrogen-bond acceptors (Lipinski definition) is 4. The highest BCUT2D eigenvalue weighted by atomic mass is 19.1. The van der Waals surface area contributed by atoms with Crippen LogP contribution in [0.5, 0.6) is 5.75 Å². The number of likely N-dealkylation sites (tertiary alicyclic amines) is 1. The van der Waals surface area contributed by atoms with E-state index < -0.39 is 0 Å². The van der Waals surface area contributed by atoms with Crippen LogP contribution in [-0.4, -0.2) is 37.7 Å². The van der Waals surface area contributed by atoms with Gasteiger partial charge in [-0.25, -0.2) is 4.39 Å². The van der Waals surface area contributed by atoms with Gasteiger partial charge in [0.2, 0.25) is 0 Å². The highest BCUT2D eigenvalue weighted by Gasteiger charge is 2.31. The molecular formula is C14H18FNO3. The summed E-state index contributed by atoms with van der Waals surface area (Å²) in [4.78, 5) is 13.6. The molecular weight excluding hydrogens is 249 g/mol. The first-order valence-electron chi connectivity index (χ1n) is 6.30. The van der Waals surface area contributed by atoms with E-state index in [9.17, 15) is 9.18 Å². The Balaban J connectivity index is 2.08. The van der Waals surface area contributed by atoms with Gasteiger partial charge < -0.3 is 9.47 Å². The molecule has 1 atom stereocenters. The van der Waals surface area contributed by atoms with Gasteiger partial charge in [-0.05, 0) is 37.1 Å². The number of ether oxygens (including phenoxy) is 2. The fourth-order valence-electron chi connectivity index (χ4n) is 2.46. The Morgan fingerprint density at radius 2 is 2.26 bits per heavy atom. The quantitative estimate of drug-likeness (QED) is 0.782. The summed E-state index contributed by atoms with van der Waals surface area (Å²) in [6.45, 7) is 1.37. The average Bonchev–Trinajstić information content (AvgIpc) is 2.86. The van der Waals surface area contributed by atoms with Gasteiger partial charge in [-0.15, -0.1) is 0 Å². The largest absolute Gasteiger partial charge is 0.494 e. The number of nitrogens with zero attached hydrogens (tertiary/aromatic N) is 1. The molecule has 1 aliphatic rings. The summed E-state index contributed by atoms with van der Waals surface area (Å²) < 4.78 is 23.3. The van der Waals surface area contributed by atoms with Gasteiger partial charge in [-0.2, -0.15) is 0 Å². The minimum absolute atomic E-state index is 0.213. The molecule has 0 saturated carbocycles. The summed E-state index contributed by atoms with van der Waals surface area (Å²) in [6.07, 6.45) is 1.75. The van der Waals surface area contributed by atoms with Crippen LogP contribution in [-0.2, 0) is 16.1 Å². The maximum atomic E-state index is 13.6. The van der Waals surface area contributed by atoms with Crippen molar-refractivity contribution in [1.29, 1.82) is 0 Å². The Bertz CT molecular complexity index is 464. The average molecular weight is 267 g/mol. The Morgan fingerprint density at radius 1 is 1.47 bits per heavy atom. The van der Waals surface area contributed by atoms with Crippen LogP contribution in [0.2, 0.25) is 0 Å². The first-order chi connectivity index (χ1) is 9.15. The van der Waals surface area contributed by atoms with Crippen molar-refractivity contribution in [1.82, 2.24) is 4.90 Å². The molecule has 1 aromatic carbocycles. The number of hydrogen-bond donors (Lipinski definition) is 0. The number of carbonyl (C=O) groups is 1. The summed E-state index contributed by atoms with van der Waals surface area (Å²) in [5.41, 5.74) is 0.828. The molecule has 5 heteroatoms. The van der Waals surface area contributed by atoms with Gasteiger partial charge >= 0.3 is 5.97 Å². The van der Waals surface area contributed by atoms with Crippen LogP contribution in [0.3, 0.4) is 0 Å². The van der Waals surface area contributed by atoms with E-state index in [2.05, 4.69) is 0 Å². The lowest BCUT2D eigenvalue weighted by Crippen LogP contribution is -2.36. The summed E-state index contributed by atoms with van der Waals surface area (Å²) in [5.74, 6) is -0.366. The summed E-state index contributed by atoms with van der Waals surface area (Å²) >= 11 is 0. The number of carbonyl (C=O) groups excluding carboxylic acids is 1. The second-order valence-corrected chi connectivity index (χ2v) is 4.62. The fraction of sp³-hybridized carbons (Fsp3) is 0.500. The van der Waals surface area contributed by atoms with E-state index in [-0.39, 0.29) is 23.6 Å². The molecule has 0 spiro atoms. The molecule has 1 unspecified atom stereocenters. The molecule has 0 N–H and O–H groups in total. The smallest absolute Gasteiger partial charge is 0.323 e. The van der Waals surface area contributed by atoms with E-state index in [0.717, 1.165) is 24.9 Å². The highest BCUT2D eigenvalue weighted by Crippen LogP contribution is 2.23. The van der Waals surface area contributed by atoms with Gasteiger partial charge in [0.1, 0.15) is 6.04 Å². The lowest BCUT2D eigenvalue weighted by atomic mass is 10.1. The molecule has 1 aromatic rings. The van der Waals surface area contributed by atoms with E-state index in [1.54, 1.807) is 6.07 Å². The molecule has 19 heavy (non-hydrogen) atoms. The topological polar surface area (TPSA) is 38.8 Å². The monoisotopic (exact) mass is 267 g/mol. The summed E-state index contributed by atoms with van der Waals surface area (Å²) in [7, 11) is 2.83. The molecule has 1 aliphatic heterocycles. The zero-order chi connectivity index (χ0) is 13.8. The third kappa shape index (κ3) is 3.04. The molecule has 2 rings (SSSR count). The minimum Gasteiger partial charge on any atom is -0.494 e. The van der Waals surface area contributed by atoms with Crippen molar-refractivity contribution in [2.45, 2.75) is 25.4 Å². The van der Waals surface area contributed by atoms with Crippen molar-refractivity contribution in [3.8, 4) is 5.75 Å². The Kier molecular flexibility index (Phi) is 4.37. The SMILES string of the molecule is COC(=O)C1CCCN1Cc1ccc(OC)c(F)c1. The van der Waals surface area contributed by atoms with Crippen molar-refractivity contribution in [3.05, 3.63) is 29.6 Å². The molecule has 0 aromatic heterocycles. The third-order valence-electron chi connectivity index (χ3n) is 3.44. The number of esters is 1. The van der Waals surface area contributed by atoms with Crippen LogP contribution in [0.25, 0.3) is 0 Å². The zero-order valence-corrected chi connectivity index (χ0v) is 11.2. The first-order valence-corrected chi connectivity index (χ1v) is 6.30. The number of methoxy groups -OCH3 is 2. The van der Waals surface area contributed by atoms with Gasteiger partial charge in [-0.1, -0.05) is 6.07 Å². The second kappa shape index (κ2) is 6.02. The molecule has 0 aliphatic carbocycles. The van der Waals surface area contributed by atoms with E-state index in [1.807, 2.05) is 11.0 Å². The van der Waals surface area contributed by atoms with Crippen molar-refractivity contribution < 1.29 is 18.7 Å². The third-order valence-corrected chi connectivity index (χ3v) is 3.44. The standard InChI is InChI=1S/C14H18FNO3/c1-18-13-6-5-10(8-11(13)15)9-16-7-3-4-12(16)14(17)19-2/h5-6,8,12H,3-4,7,9H2,1-2H3. The van der Waals surface area contributed by atoms with E-state index >= 15 is 0 Å². The summed E-state index contributed by atoms with van der Waals surface area (Å²) in [5, 5.41) is 0. The molecule has 1 heterocycles. The predicted octanol–water partition coefficient (Wildman–Crippen LogP) is 1.97. The van der Waals surface area contributed by atoms with Gasteiger partial charge in [0.05, 0.1) is 14.2 Å². The maximum absolute atomic E-state index is 13.6. The Morgan fingerprint density at radius 3 is 2.89 bits per heavy atom. The molecule has 1 fully saturated rings. The predicted molar refractivity (Wildman–Crippen MR) is 68.4 cm³/mol. The van der Waals surface area contributed by atoms with Gasteiger partial charge in [0, 0.05) is 6.54 Å². The minimum atomic E-state index is -0.381. The van der Waals surface area contributed by atoms with Crippen molar-refractivity contribution in [2.24, 2.45) is 0 Å². The fourth-order valence-corrected chi connectivity index (χ4v) is 2.46.